The first-order valence-corrected chi connectivity index (χ1v) is 12.7. The van der Waals surface area contributed by atoms with Crippen LogP contribution in [0.1, 0.15) is 30.1 Å². The predicted molar refractivity (Wildman–Crippen MR) is 122 cm³/mol. The number of hydrogen-bond donors (Lipinski definition) is 1. The summed E-state index contributed by atoms with van der Waals surface area (Å²) >= 11 is 1.10. The van der Waals surface area contributed by atoms with Gasteiger partial charge in [-0.2, -0.15) is 0 Å². The molecule has 3 aromatic rings. The number of piperidine rings is 1. The lowest BCUT2D eigenvalue weighted by Gasteiger charge is -2.30. The largest absolute Gasteiger partial charge is 0.466 e. The van der Waals surface area contributed by atoms with Crippen molar-refractivity contribution in [2.45, 2.75) is 24.7 Å². The summed E-state index contributed by atoms with van der Waals surface area (Å²) in [7, 11) is -3.92. The molecular formula is C22H22FN3O5S2. The minimum absolute atomic E-state index is 0.0785. The van der Waals surface area contributed by atoms with Crippen LogP contribution in [0.4, 0.5) is 9.52 Å². The molecule has 0 atom stereocenters. The van der Waals surface area contributed by atoms with Gasteiger partial charge in [-0.1, -0.05) is 11.3 Å². The van der Waals surface area contributed by atoms with E-state index in [0.29, 0.717) is 48.3 Å². The second-order valence-corrected chi connectivity index (χ2v) is 10.3. The van der Waals surface area contributed by atoms with Crippen molar-refractivity contribution in [3.05, 3.63) is 53.8 Å². The first-order chi connectivity index (χ1) is 15.8. The van der Waals surface area contributed by atoms with Crippen LogP contribution in [0.15, 0.2) is 47.4 Å². The lowest BCUT2D eigenvalue weighted by atomic mass is 9.96. The summed E-state index contributed by atoms with van der Waals surface area (Å²) in [5.74, 6) is -1.08. The maximum absolute atomic E-state index is 13.1. The number of aromatic nitrogens is 1. The number of amides is 1. The number of carbonyl (C=O) groups excluding carboxylic acids is 2. The number of nitrogens with one attached hydrogen (secondary N) is 1. The van der Waals surface area contributed by atoms with Crippen LogP contribution in [0.25, 0.3) is 10.2 Å². The first kappa shape index (κ1) is 23.1. The molecule has 0 radical (unpaired) electrons. The van der Waals surface area contributed by atoms with Gasteiger partial charge in [-0.05, 0) is 62.2 Å². The molecule has 1 fully saturated rings. The van der Waals surface area contributed by atoms with Gasteiger partial charge in [-0.25, -0.2) is 17.8 Å². The van der Waals surface area contributed by atoms with E-state index in [1.54, 1.807) is 30.0 Å². The Morgan fingerprint density at radius 2 is 1.88 bits per heavy atom. The molecule has 8 nitrogen and oxygen atoms in total. The summed E-state index contributed by atoms with van der Waals surface area (Å²) in [4.78, 5) is 30.8. The maximum atomic E-state index is 13.1. The zero-order valence-corrected chi connectivity index (χ0v) is 19.4. The van der Waals surface area contributed by atoms with Crippen LogP contribution in [0.3, 0.4) is 0 Å². The van der Waals surface area contributed by atoms with Gasteiger partial charge >= 0.3 is 5.97 Å². The fourth-order valence-electron chi connectivity index (χ4n) is 3.65. The van der Waals surface area contributed by atoms with E-state index in [1.807, 2.05) is 0 Å². The molecule has 1 aliphatic rings. The standard InChI is InChI=1S/C22H22FN3O5S2/c1-2-31-21(28)14-9-11-26(12-10-14)20(27)15-3-8-18-19(13-15)32-22(24-18)25-33(29,30)17-6-4-16(23)5-7-17/h3-8,13-14H,2,9-12H2,1H3,(H,24,25). The molecule has 4 rings (SSSR count). The normalized spacial score (nSPS) is 14.9. The Kier molecular flexibility index (Phi) is 6.61. The van der Waals surface area contributed by atoms with Crippen molar-refractivity contribution in [1.29, 1.82) is 0 Å². The number of nitrogens with zero attached hydrogens (tertiary/aromatic N) is 2. The Morgan fingerprint density at radius 1 is 1.18 bits per heavy atom. The van der Waals surface area contributed by atoms with Crippen LogP contribution in [0, 0.1) is 11.7 Å². The van der Waals surface area contributed by atoms with E-state index in [0.717, 1.165) is 23.5 Å². The number of halogens is 1. The third kappa shape index (κ3) is 5.14. The number of esters is 1. The van der Waals surface area contributed by atoms with Crippen LogP contribution in [0.5, 0.6) is 0 Å². The minimum Gasteiger partial charge on any atom is -0.466 e. The maximum Gasteiger partial charge on any atom is 0.309 e. The second-order valence-electron chi connectivity index (χ2n) is 7.58. The molecule has 174 valence electrons. The Bertz CT molecular complexity index is 1280. The molecular weight excluding hydrogens is 469 g/mol. The average molecular weight is 492 g/mol. The van der Waals surface area contributed by atoms with Gasteiger partial charge in [0.25, 0.3) is 15.9 Å². The third-order valence-corrected chi connectivity index (χ3v) is 7.80. The summed E-state index contributed by atoms with van der Waals surface area (Å²) in [6.45, 7) is 3.04. The van der Waals surface area contributed by atoms with E-state index in [4.69, 9.17) is 4.74 Å². The smallest absolute Gasteiger partial charge is 0.309 e. The van der Waals surface area contributed by atoms with Crippen molar-refractivity contribution in [3.63, 3.8) is 0 Å². The van der Waals surface area contributed by atoms with Gasteiger partial charge in [0.1, 0.15) is 5.82 Å². The van der Waals surface area contributed by atoms with Crippen molar-refractivity contribution < 1.29 is 27.1 Å². The SMILES string of the molecule is CCOC(=O)C1CCN(C(=O)c2ccc3nc(NS(=O)(=O)c4ccc(F)cc4)sc3c2)CC1. The number of sulfonamides is 1. The topological polar surface area (TPSA) is 106 Å². The lowest BCUT2D eigenvalue weighted by Crippen LogP contribution is -2.40. The average Bonchev–Trinajstić information content (AvgIpc) is 3.19. The number of carbonyl (C=O) groups is 2. The van der Waals surface area contributed by atoms with Crippen LogP contribution < -0.4 is 4.72 Å². The molecule has 0 saturated carbocycles. The Morgan fingerprint density at radius 3 is 2.55 bits per heavy atom. The summed E-state index contributed by atoms with van der Waals surface area (Å²) in [6.07, 6.45) is 1.12. The number of rotatable bonds is 6. The number of thiazole rings is 1. The molecule has 1 saturated heterocycles. The first-order valence-electron chi connectivity index (χ1n) is 10.4. The zero-order chi connectivity index (χ0) is 23.6. The van der Waals surface area contributed by atoms with Gasteiger partial charge in [0.15, 0.2) is 5.13 Å². The highest BCUT2D eigenvalue weighted by atomic mass is 32.2. The molecule has 33 heavy (non-hydrogen) atoms. The van der Waals surface area contributed by atoms with E-state index in [2.05, 4.69) is 9.71 Å². The highest BCUT2D eigenvalue weighted by Gasteiger charge is 2.29. The van der Waals surface area contributed by atoms with Gasteiger partial charge in [0.05, 0.1) is 27.6 Å². The van der Waals surface area contributed by atoms with E-state index in [-0.39, 0.29) is 27.8 Å². The Balaban J connectivity index is 1.46. The van der Waals surface area contributed by atoms with E-state index < -0.39 is 15.8 Å². The van der Waals surface area contributed by atoms with E-state index >= 15 is 0 Å². The van der Waals surface area contributed by atoms with E-state index in [9.17, 15) is 22.4 Å². The van der Waals surface area contributed by atoms with Crippen molar-refractivity contribution in [3.8, 4) is 0 Å². The molecule has 0 unspecified atom stereocenters. The number of hydrogen-bond acceptors (Lipinski definition) is 7. The van der Waals surface area contributed by atoms with Gasteiger partial charge in [-0.3, -0.25) is 14.3 Å². The van der Waals surface area contributed by atoms with Gasteiger partial charge in [-0.15, -0.1) is 0 Å². The fraction of sp³-hybridized carbons (Fsp3) is 0.318. The quantitative estimate of drug-likeness (QED) is 0.528. The van der Waals surface area contributed by atoms with Crippen molar-refractivity contribution >= 4 is 48.6 Å². The Hall–Kier alpha value is -3.05. The molecule has 2 heterocycles. The van der Waals surface area contributed by atoms with Gasteiger partial charge < -0.3 is 9.64 Å². The number of anilines is 1. The van der Waals surface area contributed by atoms with Crippen LogP contribution in [0.2, 0.25) is 0 Å². The molecule has 0 bridgehead atoms. The third-order valence-electron chi connectivity index (χ3n) is 5.38. The zero-order valence-electron chi connectivity index (χ0n) is 17.8. The van der Waals surface area contributed by atoms with Crippen LogP contribution in [-0.2, 0) is 19.6 Å². The fourth-order valence-corrected chi connectivity index (χ4v) is 5.79. The number of likely N-dealkylation sites (tertiary alicyclic amines) is 1. The molecule has 0 aliphatic carbocycles. The summed E-state index contributed by atoms with van der Waals surface area (Å²) in [5.41, 5.74) is 1.02. The van der Waals surface area contributed by atoms with Crippen LogP contribution in [-0.4, -0.2) is 49.9 Å². The number of ether oxygens (including phenoxy) is 1. The van der Waals surface area contributed by atoms with Gasteiger partial charge in [0, 0.05) is 18.7 Å². The van der Waals surface area contributed by atoms with E-state index in [1.165, 1.54) is 12.1 Å². The molecule has 0 spiro atoms. The summed E-state index contributed by atoms with van der Waals surface area (Å²) in [6, 6.07) is 9.49. The molecule has 1 N–H and O–H groups in total. The Labute approximate surface area is 194 Å². The highest BCUT2D eigenvalue weighted by molar-refractivity contribution is 7.93. The summed E-state index contributed by atoms with van der Waals surface area (Å²) in [5, 5.41) is 0.147. The molecule has 2 aromatic carbocycles. The monoisotopic (exact) mass is 491 g/mol. The van der Waals surface area contributed by atoms with Crippen molar-refractivity contribution in [2.24, 2.45) is 5.92 Å². The number of benzene rings is 2. The van der Waals surface area contributed by atoms with Crippen molar-refractivity contribution in [2.75, 3.05) is 24.4 Å². The lowest BCUT2D eigenvalue weighted by molar-refractivity contribution is -0.149. The molecule has 11 heteroatoms. The summed E-state index contributed by atoms with van der Waals surface area (Å²) < 4.78 is 46.3. The molecule has 1 aromatic heterocycles. The van der Waals surface area contributed by atoms with Gasteiger partial charge in [0.2, 0.25) is 0 Å². The predicted octanol–water partition coefficient (Wildman–Crippen LogP) is 3.65. The van der Waals surface area contributed by atoms with Crippen LogP contribution >= 0.6 is 11.3 Å². The van der Waals surface area contributed by atoms with Crippen molar-refractivity contribution in [1.82, 2.24) is 9.88 Å². The highest BCUT2D eigenvalue weighted by Crippen LogP contribution is 2.29. The second kappa shape index (κ2) is 9.44. The minimum atomic E-state index is -3.92. The number of fused-ring (bicyclic) bond motifs is 1. The molecule has 1 amide bonds. The molecule has 1 aliphatic heterocycles.